The topological polar surface area (TPSA) is 70.6 Å². The fourth-order valence-corrected chi connectivity index (χ4v) is 3.07. The van der Waals surface area contributed by atoms with Crippen molar-refractivity contribution >= 4 is 5.84 Å². The molecule has 0 radical (unpaired) electrons. The zero-order valence-corrected chi connectivity index (χ0v) is 12.3. The fourth-order valence-electron chi connectivity index (χ4n) is 3.07. The summed E-state index contributed by atoms with van der Waals surface area (Å²) >= 11 is 0. The number of hydrogen-bond acceptors (Lipinski definition) is 3. The molecule has 0 spiro atoms. The van der Waals surface area contributed by atoms with E-state index < -0.39 is 0 Å². The lowest BCUT2D eigenvalue weighted by Gasteiger charge is -2.33. The largest absolute Gasteiger partial charge is 0.409 e. The van der Waals surface area contributed by atoms with E-state index in [0.29, 0.717) is 6.04 Å². The highest BCUT2D eigenvalue weighted by molar-refractivity contribution is 5.96. The van der Waals surface area contributed by atoms with Crippen LogP contribution in [-0.2, 0) is 6.54 Å². The molecule has 0 bridgehead atoms. The Balaban J connectivity index is 1.88. The Morgan fingerprint density at radius 1 is 1.30 bits per heavy atom. The first-order chi connectivity index (χ1) is 9.60. The Kier molecular flexibility index (Phi) is 5.01. The van der Waals surface area contributed by atoms with Gasteiger partial charge in [0.05, 0.1) is 0 Å². The molecule has 0 amide bonds. The van der Waals surface area contributed by atoms with E-state index in [4.69, 9.17) is 10.9 Å². The molecule has 1 saturated carbocycles. The van der Waals surface area contributed by atoms with Crippen LogP contribution < -0.4 is 11.1 Å². The van der Waals surface area contributed by atoms with Gasteiger partial charge in [-0.2, -0.15) is 0 Å². The number of hydrogen-bond donors (Lipinski definition) is 3. The average molecular weight is 275 g/mol. The van der Waals surface area contributed by atoms with Crippen LogP contribution in [0.25, 0.3) is 0 Å². The predicted molar refractivity (Wildman–Crippen MR) is 81.8 cm³/mol. The molecule has 0 aromatic heterocycles. The minimum Gasteiger partial charge on any atom is -0.409 e. The predicted octanol–water partition coefficient (Wildman–Crippen LogP) is 2.70. The maximum Gasteiger partial charge on any atom is 0.170 e. The summed E-state index contributed by atoms with van der Waals surface area (Å²) in [6.07, 6.45) is 3.91. The van der Waals surface area contributed by atoms with Gasteiger partial charge in [-0.3, -0.25) is 0 Å². The molecule has 1 aliphatic rings. The maximum atomic E-state index is 8.63. The molecule has 20 heavy (non-hydrogen) atoms. The van der Waals surface area contributed by atoms with E-state index in [0.717, 1.165) is 23.9 Å². The van der Waals surface area contributed by atoms with Crippen molar-refractivity contribution in [3.63, 3.8) is 0 Å². The van der Waals surface area contributed by atoms with Crippen molar-refractivity contribution in [2.24, 2.45) is 22.7 Å². The highest BCUT2D eigenvalue weighted by atomic mass is 16.4. The molecule has 1 aliphatic carbocycles. The molecule has 1 aromatic rings. The van der Waals surface area contributed by atoms with Crippen molar-refractivity contribution in [3.05, 3.63) is 35.4 Å². The highest BCUT2D eigenvalue weighted by Gasteiger charge is 2.24. The first-order valence-electron chi connectivity index (χ1n) is 7.40. The van der Waals surface area contributed by atoms with Gasteiger partial charge in [0.25, 0.3) is 0 Å². The monoisotopic (exact) mass is 275 g/mol. The summed E-state index contributed by atoms with van der Waals surface area (Å²) in [5.74, 6) is 1.76. The molecule has 3 atom stereocenters. The Labute approximate surface area is 121 Å². The third-order valence-electron chi connectivity index (χ3n) is 4.36. The summed E-state index contributed by atoms with van der Waals surface area (Å²) in [5.41, 5.74) is 7.52. The summed E-state index contributed by atoms with van der Waals surface area (Å²) in [5, 5.41) is 15.3. The molecule has 4 heteroatoms. The van der Waals surface area contributed by atoms with Crippen LogP contribution >= 0.6 is 0 Å². The van der Waals surface area contributed by atoms with Gasteiger partial charge in [-0.15, -0.1) is 0 Å². The van der Waals surface area contributed by atoms with Crippen LogP contribution in [0.5, 0.6) is 0 Å². The molecule has 4 N–H and O–H groups in total. The number of oxime groups is 1. The molecule has 0 heterocycles. The van der Waals surface area contributed by atoms with Crippen LogP contribution in [-0.4, -0.2) is 17.1 Å². The molecule has 0 saturated heterocycles. The molecule has 3 unspecified atom stereocenters. The second kappa shape index (κ2) is 6.75. The normalized spacial score (nSPS) is 27.5. The van der Waals surface area contributed by atoms with Gasteiger partial charge < -0.3 is 16.3 Å². The van der Waals surface area contributed by atoms with Crippen LogP contribution in [0.4, 0.5) is 0 Å². The molecule has 2 rings (SSSR count). The van der Waals surface area contributed by atoms with Crippen molar-refractivity contribution < 1.29 is 5.21 Å². The van der Waals surface area contributed by atoms with Crippen LogP contribution in [0.15, 0.2) is 29.4 Å². The number of nitrogens with one attached hydrogen (secondary N) is 1. The smallest absolute Gasteiger partial charge is 0.170 e. The standard InChI is InChI=1S/C16H25N3O/c1-11-3-8-15(12(2)9-11)18-10-13-4-6-14(7-5-13)16(17)19-20/h4-7,11-12,15,18,20H,3,8-10H2,1-2H3,(H2,17,19). The number of amidine groups is 1. The first kappa shape index (κ1) is 14.9. The Morgan fingerprint density at radius 3 is 2.60 bits per heavy atom. The van der Waals surface area contributed by atoms with E-state index in [-0.39, 0.29) is 5.84 Å². The SMILES string of the molecule is CC1CCC(NCc2ccc(C(N)=NO)cc2)C(C)C1. The Morgan fingerprint density at radius 2 is 2.00 bits per heavy atom. The van der Waals surface area contributed by atoms with E-state index in [1.807, 2.05) is 24.3 Å². The molecule has 4 nitrogen and oxygen atoms in total. The quantitative estimate of drug-likeness (QED) is 0.342. The van der Waals surface area contributed by atoms with E-state index in [1.54, 1.807) is 0 Å². The second-order valence-corrected chi connectivity index (χ2v) is 6.07. The second-order valence-electron chi connectivity index (χ2n) is 6.07. The number of nitrogens with zero attached hydrogens (tertiary/aromatic N) is 1. The third-order valence-corrected chi connectivity index (χ3v) is 4.36. The minimum absolute atomic E-state index is 0.152. The summed E-state index contributed by atoms with van der Waals surface area (Å²) < 4.78 is 0. The molecular formula is C16H25N3O. The van der Waals surface area contributed by atoms with E-state index >= 15 is 0 Å². The summed E-state index contributed by atoms with van der Waals surface area (Å²) in [6, 6.07) is 8.44. The fraction of sp³-hybridized carbons (Fsp3) is 0.562. The lowest BCUT2D eigenvalue weighted by molar-refractivity contribution is 0.227. The van der Waals surface area contributed by atoms with Gasteiger partial charge in [0.15, 0.2) is 5.84 Å². The van der Waals surface area contributed by atoms with E-state index in [2.05, 4.69) is 24.3 Å². The molecule has 110 valence electrons. The summed E-state index contributed by atoms with van der Waals surface area (Å²) in [6.45, 7) is 5.56. The lowest BCUT2D eigenvalue weighted by atomic mass is 9.80. The zero-order chi connectivity index (χ0) is 14.5. The van der Waals surface area contributed by atoms with Gasteiger partial charge in [-0.05, 0) is 36.7 Å². The number of benzene rings is 1. The van der Waals surface area contributed by atoms with Crippen LogP contribution in [0, 0.1) is 11.8 Å². The van der Waals surface area contributed by atoms with Gasteiger partial charge in [0, 0.05) is 18.2 Å². The first-order valence-corrected chi connectivity index (χ1v) is 7.40. The van der Waals surface area contributed by atoms with Crippen molar-refractivity contribution in [2.75, 3.05) is 0 Å². The van der Waals surface area contributed by atoms with Crippen LogP contribution in [0.1, 0.15) is 44.2 Å². The molecule has 0 aliphatic heterocycles. The molecule has 1 aromatic carbocycles. The van der Waals surface area contributed by atoms with Gasteiger partial charge in [-0.1, -0.05) is 43.3 Å². The van der Waals surface area contributed by atoms with Crippen molar-refractivity contribution in [1.82, 2.24) is 5.32 Å². The van der Waals surface area contributed by atoms with Crippen LogP contribution in [0.2, 0.25) is 0 Å². The summed E-state index contributed by atoms with van der Waals surface area (Å²) in [7, 11) is 0. The maximum absolute atomic E-state index is 8.63. The van der Waals surface area contributed by atoms with E-state index in [9.17, 15) is 0 Å². The molecular weight excluding hydrogens is 250 g/mol. The number of nitrogens with two attached hydrogens (primary N) is 1. The van der Waals surface area contributed by atoms with Crippen molar-refractivity contribution in [2.45, 2.75) is 45.7 Å². The number of rotatable bonds is 4. The van der Waals surface area contributed by atoms with Gasteiger partial charge in [-0.25, -0.2) is 0 Å². The van der Waals surface area contributed by atoms with E-state index in [1.165, 1.54) is 24.8 Å². The van der Waals surface area contributed by atoms with Gasteiger partial charge >= 0.3 is 0 Å². The average Bonchev–Trinajstić information content (AvgIpc) is 2.46. The van der Waals surface area contributed by atoms with Gasteiger partial charge in [0.2, 0.25) is 0 Å². The minimum atomic E-state index is 0.152. The third kappa shape index (κ3) is 3.73. The zero-order valence-electron chi connectivity index (χ0n) is 12.3. The Hall–Kier alpha value is -1.55. The summed E-state index contributed by atoms with van der Waals surface area (Å²) in [4.78, 5) is 0. The molecule has 1 fully saturated rings. The highest BCUT2D eigenvalue weighted by Crippen LogP contribution is 2.28. The van der Waals surface area contributed by atoms with Crippen LogP contribution in [0.3, 0.4) is 0 Å². The van der Waals surface area contributed by atoms with Gasteiger partial charge in [0.1, 0.15) is 0 Å². The lowest BCUT2D eigenvalue weighted by Crippen LogP contribution is -2.38. The van der Waals surface area contributed by atoms with Crippen molar-refractivity contribution in [1.29, 1.82) is 0 Å². The Bertz CT molecular complexity index is 455. The van der Waals surface area contributed by atoms with Crippen molar-refractivity contribution in [3.8, 4) is 0 Å².